The SMILES string of the molecule is CCCCCCCCC=CCC#CCO. The highest BCUT2D eigenvalue weighted by Crippen LogP contribution is 2.07. The molecule has 0 heterocycles. The maximum atomic E-state index is 8.41. The van der Waals surface area contributed by atoms with Gasteiger partial charge >= 0.3 is 0 Å². The van der Waals surface area contributed by atoms with E-state index >= 15 is 0 Å². The number of hydrogen-bond donors (Lipinski definition) is 1. The molecule has 15 heavy (non-hydrogen) atoms. The third kappa shape index (κ3) is 13.3. The van der Waals surface area contributed by atoms with Crippen LogP contribution in [0.2, 0.25) is 0 Å². The summed E-state index contributed by atoms with van der Waals surface area (Å²) in [6.45, 7) is 2.22. The molecule has 1 N–H and O–H groups in total. The van der Waals surface area contributed by atoms with Crippen LogP contribution in [0.15, 0.2) is 12.2 Å². The van der Waals surface area contributed by atoms with Gasteiger partial charge in [0.25, 0.3) is 0 Å². The third-order valence-corrected chi connectivity index (χ3v) is 2.31. The van der Waals surface area contributed by atoms with Crippen LogP contribution in [0.3, 0.4) is 0 Å². The van der Waals surface area contributed by atoms with Gasteiger partial charge < -0.3 is 5.11 Å². The number of unbranched alkanes of at least 4 members (excludes halogenated alkanes) is 6. The zero-order chi connectivity index (χ0) is 11.2. The van der Waals surface area contributed by atoms with Crippen molar-refractivity contribution >= 4 is 0 Å². The van der Waals surface area contributed by atoms with E-state index in [4.69, 9.17) is 5.11 Å². The van der Waals surface area contributed by atoms with Crippen molar-refractivity contribution in [2.75, 3.05) is 6.61 Å². The standard InChI is InChI=1S/C14H24O/c1-2-3-4-5-6-7-8-9-10-11-12-13-14-15/h9-10,15H,2-8,11,14H2,1H3. The summed E-state index contributed by atoms with van der Waals surface area (Å²) in [4.78, 5) is 0. The van der Waals surface area contributed by atoms with Crippen LogP contribution >= 0.6 is 0 Å². The summed E-state index contributed by atoms with van der Waals surface area (Å²) >= 11 is 0. The smallest absolute Gasteiger partial charge is 0.104 e. The number of aliphatic hydroxyl groups is 1. The van der Waals surface area contributed by atoms with Crippen molar-refractivity contribution in [3.8, 4) is 11.8 Å². The zero-order valence-electron chi connectivity index (χ0n) is 9.97. The minimum absolute atomic E-state index is 0.0226. The Labute approximate surface area is 94.6 Å². The van der Waals surface area contributed by atoms with Crippen molar-refractivity contribution in [1.82, 2.24) is 0 Å². The summed E-state index contributed by atoms with van der Waals surface area (Å²) in [5.41, 5.74) is 0. The molecule has 0 atom stereocenters. The Hall–Kier alpha value is -0.740. The van der Waals surface area contributed by atoms with Crippen LogP contribution in [0, 0.1) is 11.8 Å². The van der Waals surface area contributed by atoms with E-state index in [2.05, 4.69) is 30.9 Å². The van der Waals surface area contributed by atoms with E-state index in [-0.39, 0.29) is 6.61 Å². The molecule has 0 aliphatic rings. The second-order valence-electron chi connectivity index (χ2n) is 3.74. The normalized spacial score (nSPS) is 10.3. The predicted octanol–water partition coefficient (Wildman–Crippen LogP) is 3.68. The lowest BCUT2D eigenvalue weighted by atomic mass is 10.1. The summed E-state index contributed by atoms with van der Waals surface area (Å²) in [6.07, 6.45) is 14.4. The zero-order valence-corrected chi connectivity index (χ0v) is 9.97. The Kier molecular flexibility index (Phi) is 12.6. The third-order valence-electron chi connectivity index (χ3n) is 2.31. The van der Waals surface area contributed by atoms with Gasteiger partial charge in [0.2, 0.25) is 0 Å². The molecule has 1 nitrogen and oxygen atoms in total. The topological polar surface area (TPSA) is 20.2 Å². The molecule has 0 aromatic rings. The van der Waals surface area contributed by atoms with E-state index in [0.717, 1.165) is 6.42 Å². The van der Waals surface area contributed by atoms with Gasteiger partial charge in [-0.15, -0.1) is 0 Å². The molecule has 0 unspecified atom stereocenters. The first kappa shape index (κ1) is 14.3. The lowest BCUT2D eigenvalue weighted by molar-refractivity contribution is 0.350. The Bertz CT molecular complexity index is 195. The Morgan fingerprint density at radius 2 is 1.67 bits per heavy atom. The van der Waals surface area contributed by atoms with Crippen molar-refractivity contribution in [2.45, 2.75) is 58.3 Å². The van der Waals surface area contributed by atoms with E-state index in [1.54, 1.807) is 0 Å². The minimum atomic E-state index is -0.0226. The van der Waals surface area contributed by atoms with E-state index in [0.29, 0.717) is 0 Å². The molecule has 0 aromatic heterocycles. The molecule has 0 saturated heterocycles. The lowest BCUT2D eigenvalue weighted by Crippen LogP contribution is -1.77. The molecule has 0 fully saturated rings. The summed E-state index contributed by atoms with van der Waals surface area (Å²) < 4.78 is 0. The highest BCUT2D eigenvalue weighted by molar-refractivity contribution is 5.04. The first-order valence-electron chi connectivity index (χ1n) is 6.13. The van der Waals surface area contributed by atoms with Gasteiger partial charge in [0, 0.05) is 6.42 Å². The van der Waals surface area contributed by atoms with E-state index in [1.807, 2.05) is 0 Å². The quantitative estimate of drug-likeness (QED) is 0.366. The van der Waals surface area contributed by atoms with Gasteiger partial charge in [-0.2, -0.15) is 0 Å². The van der Waals surface area contributed by atoms with Gasteiger partial charge in [0.05, 0.1) is 0 Å². The fraction of sp³-hybridized carbons (Fsp3) is 0.714. The first-order valence-corrected chi connectivity index (χ1v) is 6.13. The van der Waals surface area contributed by atoms with E-state index < -0.39 is 0 Å². The second kappa shape index (κ2) is 13.3. The average molecular weight is 208 g/mol. The van der Waals surface area contributed by atoms with Gasteiger partial charge in [0.1, 0.15) is 6.61 Å². The molecule has 0 amide bonds. The van der Waals surface area contributed by atoms with Crippen molar-refractivity contribution < 1.29 is 5.11 Å². The van der Waals surface area contributed by atoms with Gasteiger partial charge in [-0.3, -0.25) is 0 Å². The largest absolute Gasteiger partial charge is 0.384 e. The average Bonchev–Trinajstić information content (AvgIpc) is 2.26. The predicted molar refractivity (Wildman–Crippen MR) is 66.6 cm³/mol. The number of aliphatic hydroxyl groups excluding tert-OH is 1. The van der Waals surface area contributed by atoms with E-state index in [1.165, 1.54) is 44.9 Å². The van der Waals surface area contributed by atoms with Crippen LogP contribution in [-0.2, 0) is 0 Å². The maximum absolute atomic E-state index is 8.41. The first-order chi connectivity index (χ1) is 7.41. The van der Waals surface area contributed by atoms with Gasteiger partial charge in [-0.05, 0) is 12.8 Å². The summed E-state index contributed by atoms with van der Waals surface area (Å²) in [5.74, 6) is 5.49. The Morgan fingerprint density at radius 3 is 2.40 bits per heavy atom. The Balaban J connectivity index is 3.09. The molecule has 0 aliphatic heterocycles. The highest BCUT2D eigenvalue weighted by Gasteiger charge is 1.87. The van der Waals surface area contributed by atoms with E-state index in [9.17, 15) is 0 Å². The van der Waals surface area contributed by atoms with Gasteiger partial charge in [-0.1, -0.05) is 63.0 Å². The van der Waals surface area contributed by atoms with Crippen molar-refractivity contribution in [2.24, 2.45) is 0 Å². The van der Waals surface area contributed by atoms with Crippen molar-refractivity contribution in [3.63, 3.8) is 0 Å². The molecule has 0 aliphatic carbocycles. The maximum Gasteiger partial charge on any atom is 0.104 e. The number of rotatable bonds is 8. The number of allylic oxidation sites excluding steroid dienone is 2. The van der Waals surface area contributed by atoms with Crippen LogP contribution in [0.4, 0.5) is 0 Å². The fourth-order valence-electron chi connectivity index (χ4n) is 1.43. The molecule has 0 bridgehead atoms. The summed E-state index contributed by atoms with van der Waals surface area (Å²) in [5, 5.41) is 8.41. The van der Waals surface area contributed by atoms with Crippen molar-refractivity contribution in [3.05, 3.63) is 12.2 Å². The fourth-order valence-corrected chi connectivity index (χ4v) is 1.43. The molecule has 86 valence electrons. The minimum Gasteiger partial charge on any atom is -0.384 e. The monoisotopic (exact) mass is 208 g/mol. The highest BCUT2D eigenvalue weighted by atomic mass is 16.2. The van der Waals surface area contributed by atoms with Crippen molar-refractivity contribution in [1.29, 1.82) is 0 Å². The second-order valence-corrected chi connectivity index (χ2v) is 3.74. The molecule has 0 aromatic carbocycles. The molecular weight excluding hydrogens is 184 g/mol. The summed E-state index contributed by atoms with van der Waals surface area (Å²) in [7, 11) is 0. The van der Waals surface area contributed by atoms with Crippen LogP contribution < -0.4 is 0 Å². The van der Waals surface area contributed by atoms with Crippen LogP contribution in [0.1, 0.15) is 58.3 Å². The van der Waals surface area contributed by atoms with Crippen LogP contribution in [-0.4, -0.2) is 11.7 Å². The van der Waals surface area contributed by atoms with Gasteiger partial charge in [-0.25, -0.2) is 0 Å². The van der Waals surface area contributed by atoms with Gasteiger partial charge in [0.15, 0.2) is 0 Å². The summed E-state index contributed by atoms with van der Waals surface area (Å²) in [6, 6.07) is 0. The molecular formula is C14H24O. The van der Waals surface area contributed by atoms with Crippen LogP contribution in [0.5, 0.6) is 0 Å². The molecule has 0 radical (unpaired) electrons. The number of hydrogen-bond acceptors (Lipinski definition) is 1. The Morgan fingerprint density at radius 1 is 0.933 bits per heavy atom. The molecule has 0 rings (SSSR count). The van der Waals surface area contributed by atoms with Crippen LogP contribution in [0.25, 0.3) is 0 Å². The molecule has 1 heteroatoms. The molecule has 0 spiro atoms. The lowest BCUT2D eigenvalue weighted by Gasteiger charge is -1.97. The molecule has 0 saturated carbocycles.